The van der Waals surface area contributed by atoms with Crippen molar-refractivity contribution in [3.8, 4) is 0 Å². The van der Waals surface area contributed by atoms with Crippen LogP contribution >= 0.6 is 0 Å². The van der Waals surface area contributed by atoms with Crippen molar-refractivity contribution in [1.82, 2.24) is 9.80 Å². The second-order valence-corrected chi connectivity index (χ2v) is 5.01. The van der Waals surface area contributed by atoms with Crippen molar-refractivity contribution in [3.05, 3.63) is 0 Å². The zero-order valence-electron chi connectivity index (χ0n) is 13.2. The van der Waals surface area contributed by atoms with Gasteiger partial charge in [-0.1, -0.05) is 0 Å². The average Bonchev–Trinajstić information content (AvgIpc) is 2.45. The van der Waals surface area contributed by atoms with Crippen LogP contribution in [0, 0.1) is 0 Å². The second-order valence-electron chi connectivity index (χ2n) is 5.01. The van der Waals surface area contributed by atoms with E-state index in [1.807, 2.05) is 0 Å². The van der Waals surface area contributed by atoms with Crippen LogP contribution in [-0.2, 0) is 19.1 Å². The highest BCUT2D eigenvalue weighted by atomic mass is 16.5. The van der Waals surface area contributed by atoms with Crippen LogP contribution in [0.15, 0.2) is 0 Å². The first kappa shape index (κ1) is 19.2. The Morgan fingerprint density at radius 3 is 2.14 bits per heavy atom. The summed E-state index contributed by atoms with van der Waals surface area (Å²) in [5.74, 6) is -1.55. The van der Waals surface area contributed by atoms with Crippen LogP contribution in [0.5, 0.6) is 0 Å². The molecule has 0 aromatic carbocycles. The Bertz CT molecular complexity index is 383. The molecule has 0 aliphatic rings. The van der Waals surface area contributed by atoms with Crippen LogP contribution in [0.2, 0.25) is 0 Å². The number of hydrogen-bond donors (Lipinski definition) is 1. The van der Waals surface area contributed by atoms with Gasteiger partial charge in [0.25, 0.3) is 0 Å². The van der Waals surface area contributed by atoms with Gasteiger partial charge in [0, 0.05) is 27.2 Å². The smallest absolute Gasteiger partial charge is 0.329 e. The molecular weight excluding hydrogens is 280 g/mol. The number of ether oxygens (including phenoxy) is 2. The molecule has 0 rings (SSSR count). The van der Waals surface area contributed by atoms with Crippen LogP contribution in [0.4, 0.5) is 4.79 Å². The fourth-order valence-corrected chi connectivity index (χ4v) is 1.43. The van der Waals surface area contributed by atoms with Crippen molar-refractivity contribution in [2.45, 2.75) is 25.8 Å². The van der Waals surface area contributed by atoms with Crippen LogP contribution in [0.3, 0.4) is 0 Å². The number of urea groups is 1. The van der Waals surface area contributed by atoms with Gasteiger partial charge in [0.05, 0.1) is 20.1 Å². The van der Waals surface area contributed by atoms with Gasteiger partial charge in [0.2, 0.25) is 0 Å². The third-order valence-electron chi connectivity index (χ3n) is 3.30. The lowest BCUT2D eigenvalue weighted by Crippen LogP contribution is -2.55. The Morgan fingerprint density at radius 2 is 1.71 bits per heavy atom. The highest BCUT2D eigenvalue weighted by Crippen LogP contribution is 2.15. The quantitative estimate of drug-likeness (QED) is 0.653. The summed E-state index contributed by atoms with van der Waals surface area (Å²) < 4.78 is 9.46. The number of carboxylic acid groups (broad SMARTS) is 1. The maximum Gasteiger partial charge on any atom is 0.329 e. The molecular formula is C13H24N2O6. The summed E-state index contributed by atoms with van der Waals surface area (Å²) in [5, 5.41) is 9.16. The number of likely N-dealkylation sites (N-methyl/N-ethyl adjacent to an activating group) is 1. The van der Waals surface area contributed by atoms with E-state index in [4.69, 9.17) is 9.84 Å². The molecule has 0 saturated heterocycles. The third kappa shape index (κ3) is 5.58. The van der Waals surface area contributed by atoms with Crippen molar-refractivity contribution in [2.75, 3.05) is 41.0 Å². The fraction of sp³-hybridized carbons (Fsp3) is 0.769. The molecule has 2 amide bonds. The zero-order valence-corrected chi connectivity index (χ0v) is 13.2. The van der Waals surface area contributed by atoms with E-state index in [9.17, 15) is 14.4 Å². The molecule has 0 atom stereocenters. The molecule has 122 valence electrons. The predicted octanol–water partition coefficient (Wildman–Crippen LogP) is 0.413. The van der Waals surface area contributed by atoms with E-state index < -0.39 is 23.5 Å². The van der Waals surface area contributed by atoms with Crippen molar-refractivity contribution < 1.29 is 29.0 Å². The number of amides is 2. The summed E-state index contributed by atoms with van der Waals surface area (Å²) in [6.07, 6.45) is 0.0350. The number of rotatable bonds is 8. The van der Waals surface area contributed by atoms with Gasteiger partial charge in [-0.3, -0.25) is 4.79 Å². The molecule has 21 heavy (non-hydrogen) atoms. The van der Waals surface area contributed by atoms with Gasteiger partial charge in [0.1, 0.15) is 5.54 Å². The highest BCUT2D eigenvalue weighted by Gasteiger charge is 2.37. The highest BCUT2D eigenvalue weighted by molar-refractivity contribution is 5.85. The topological polar surface area (TPSA) is 96.4 Å². The van der Waals surface area contributed by atoms with Gasteiger partial charge in [-0.15, -0.1) is 0 Å². The summed E-state index contributed by atoms with van der Waals surface area (Å²) in [4.78, 5) is 37.3. The first-order chi connectivity index (χ1) is 9.68. The number of carbonyl (C=O) groups is 3. The van der Waals surface area contributed by atoms with E-state index in [0.717, 1.165) is 4.90 Å². The Labute approximate surface area is 124 Å². The minimum Gasteiger partial charge on any atom is -0.480 e. The molecule has 0 aromatic rings. The fourth-order valence-electron chi connectivity index (χ4n) is 1.43. The van der Waals surface area contributed by atoms with E-state index in [2.05, 4.69) is 4.74 Å². The van der Waals surface area contributed by atoms with Gasteiger partial charge in [-0.25, -0.2) is 9.59 Å². The van der Waals surface area contributed by atoms with Crippen molar-refractivity contribution in [3.63, 3.8) is 0 Å². The predicted molar refractivity (Wildman–Crippen MR) is 75.0 cm³/mol. The number of aliphatic carboxylic acids is 1. The summed E-state index contributed by atoms with van der Waals surface area (Å²) in [6.45, 7) is 3.54. The number of methoxy groups -OCH3 is 2. The molecule has 0 heterocycles. The van der Waals surface area contributed by atoms with Gasteiger partial charge < -0.3 is 24.4 Å². The molecule has 0 aromatic heterocycles. The molecule has 0 bridgehead atoms. The van der Waals surface area contributed by atoms with Crippen molar-refractivity contribution in [2.24, 2.45) is 0 Å². The van der Waals surface area contributed by atoms with Crippen LogP contribution in [0.1, 0.15) is 20.3 Å². The Morgan fingerprint density at radius 1 is 1.14 bits per heavy atom. The summed E-state index contributed by atoms with van der Waals surface area (Å²) >= 11 is 0. The standard InChI is InChI=1S/C13H24N2O6/c1-13(2,11(17)18)14(3)12(19)15(8-9-20-4)7-6-10(16)21-5/h6-9H2,1-5H3,(H,17,18). The number of carbonyl (C=O) groups excluding carboxylic acids is 2. The molecule has 0 fully saturated rings. The maximum absolute atomic E-state index is 12.4. The van der Waals surface area contributed by atoms with E-state index in [1.54, 1.807) is 0 Å². The van der Waals surface area contributed by atoms with Gasteiger partial charge >= 0.3 is 18.0 Å². The first-order valence-electron chi connectivity index (χ1n) is 6.50. The molecule has 0 saturated carbocycles. The number of hydrogen-bond acceptors (Lipinski definition) is 5. The molecule has 8 nitrogen and oxygen atoms in total. The lowest BCUT2D eigenvalue weighted by molar-refractivity contribution is -0.147. The Balaban J connectivity index is 4.92. The summed E-state index contributed by atoms with van der Waals surface area (Å²) in [6, 6.07) is -0.483. The SMILES string of the molecule is COCCN(CCC(=O)OC)C(=O)N(C)C(C)(C)C(=O)O. The number of nitrogens with zero attached hydrogens (tertiary/aromatic N) is 2. The Kier molecular flexibility index (Phi) is 7.72. The third-order valence-corrected chi connectivity index (χ3v) is 3.30. The molecule has 8 heteroatoms. The van der Waals surface area contributed by atoms with Gasteiger partial charge in [-0.05, 0) is 13.8 Å². The first-order valence-corrected chi connectivity index (χ1v) is 6.50. The van der Waals surface area contributed by atoms with E-state index >= 15 is 0 Å². The summed E-state index contributed by atoms with van der Waals surface area (Å²) in [7, 11) is 4.17. The van der Waals surface area contributed by atoms with E-state index in [-0.39, 0.29) is 26.1 Å². The summed E-state index contributed by atoms with van der Waals surface area (Å²) in [5.41, 5.74) is -1.35. The van der Waals surface area contributed by atoms with Gasteiger partial charge in [0.15, 0.2) is 0 Å². The maximum atomic E-state index is 12.4. The lowest BCUT2D eigenvalue weighted by atomic mass is 10.0. The van der Waals surface area contributed by atoms with Crippen LogP contribution in [0.25, 0.3) is 0 Å². The number of carboxylic acids is 1. The molecule has 0 spiro atoms. The minimum atomic E-state index is -1.35. The van der Waals surface area contributed by atoms with Crippen LogP contribution < -0.4 is 0 Å². The molecule has 1 N–H and O–H groups in total. The largest absolute Gasteiger partial charge is 0.480 e. The molecule has 0 aliphatic heterocycles. The normalized spacial score (nSPS) is 10.9. The average molecular weight is 304 g/mol. The Hall–Kier alpha value is -1.83. The lowest BCUT2D eigenvalue weighted by Gasteiger charge is -2.35. The molecule has 0 unspecified atom stereocenters. The van der Waals surface area contributed by atoms with E-state index in [1.165, 1.54) is 40.0 Å². The van der Waals surface area contributed by atoms with E-state index in [0.29, 0.717) is 0 Å². The number of esters is 1. The second kappa shape index (κ2) is 8.46. The van der Waals surface area contributed by atoms with Crippen molar-refractivity contribution in [1.29, 1.82) is 0 Å². The molecule has 0 radical (unpaired) electrons. The molecule has 0 aliphatic carbocycles. The van der Waals surface area contributed by atoms with Crippen molar-refractivity contribution >= 4 is 18.0 Å². The van der Waals surface area contributed by atoms with Crippen LogP contribution in [-0.4, -0.2) is 79.4 Å². The monoisotopic (exact) mass is 304 g/mol. The minimum absolute atomic E-state index is 0.0350. The van der Waals surface area contributed by atoms with Gasteiger partial charge in [-0.2, -0.15) is 0 Å². The zero-order chi connectivity index (χ0) is 16.6.